The molecule has 0 saturated carbocycles. The van der Waals surface area contributed by atoms with Gasteiger partial charge in [-0.25, -0.2) is 9.50 Å². The second kappa shape index (κ2) is 10.3. The first kappa shape index (κ1) is 24.3. The van der Waals surface area contributed by atoms with Crippen molar-refractivity contribution in [2.75, 3.05) is 5.73 Å². The third-order valence-corrected chi connectivity index (χ3v) is 6.03. The average molecular weight is 503 g/mol. The van der Waals surface area contributed by atoms with Gasteiger partial charge < -0.3 is 16.5 Å². The summed E-state index contributed by atoms with van der Waals surface area (Å²) in [6.45, 7) is 2.18. The summed E-state index contributed by atoms with van der Waals surface area (Å²) in [6.07, 6.45) is 7.86. The van der Waals surface area contributed by atoms with Gasteiger partial charge in [-0.15, -0.1) is 5.10 Å². The van der Waals surface area contributed by atoms with Crippen molar-refractivity contribution in [1.29, 1.82) is 0 Å². The molecule has 9 nitrogen and oxygen atoms in total. The van der Waals surface area contributed by atoms with Crippen molar-refractivity contribution >= 4 is 28.3 Å². The molecule has 9 heteroatoms. The maximum absolute atomic E-state index is 10.9. The van der Waals surface area contributed by atoms with Crippen molar-refractivity contribution < 1.29 is 4.79 Å². The Morgan fingerprint density at radius 2 is 1.89 bits per heavy atom. The third-order valence-electron chi connectivity index (χ3n) is 6.03. The fraction of sp³-hybridized carbons (Fsp3) is 0.103. The van der Waals surface area contributed by atoms with Gasteiger partial charge in [-0.1, -0.05) is 55.2 Å². The number of primary amides is 1. The lowest BCUT2D eigenvalue weighted by atomic mass is 9.98. The molecule has 6 aromatic rings. The highest BCUT2D eigenvalue weighted by Crippen LogP contribution is 2.34. The molecule has 0 atom stereocenters. The Morgan fingerprint density at radius 1 is 1.08 bits per heavy atom. The first-order chi connectivity index (χ1) is 18.5. The van der Waals surface area contributed by atoms with Crippen LogP contribution < -0.4 is 11.5 Å². The number of hydrogen-bond acceptors (Lipinski definition) is 5. The SMILES string of the molecule is CCc1[nH]c2cccc(C#Cc3cnn(C)c3)c2c1-c1ccccc1.NC(=O)c1c(N)nn2cccnc12. The van der Waals surface area contributed by atoms with Crippen LogP contribution in [0.2, 0.25) is 0 Å². The van der Waals surface area contributed by atoms with E-state index in [2.05, 4.69) is 81.4 Å². The highest BCUT2D eigenvalue weighted by Gasteiger charge is 2.16. The fourth-order valence-electron chi connectivity index (χ4n) is 4.36. The van der Waals surface area contributed by atoms with Crippen molar-refractivity contribution in [3.05, 3.63) is 102 Å². The smallest absolute Gasteiger partial charge is 0.256 e. The minimum absolute atomic E-state index is 0.103. The number of H-pyrrole nitrogens is 1. The lowest BCUT2D eigenvalue weighted by Crippen LogP contribution is -2.12. The van der Waals surface area contributed by atoms with Gasteiger partial charge in [0.2, 0.25) is 0 Å². The number of nitrogens with zero attached hydrogens (tertiary/aromatic N) is 5. The highest BCUT2D eigenvalue weighted by molar-refractivity contribution is 6.03. The molecular weight excluding hydrogens is 476 g/mol. The zero-order valence-corrected chi connectivity index (χ0v) is 21.0. The van der Waals surface area contributed by atoms with E-state index in [1.807, 2.05) is 19.3 Å². The zero-order chi connectivity index (χ0) is 26.6. The second-order valence-corrected chi connectivity index (χ2v) is 8.59. The number of fused-ring (bicyclic) bond motifs is 2. The highest BCUT2D eigenvalue weighted by atomic mass is 16.1. The lowest BCUT2D eigenvalue weighted by molar-refractivity contribution is 0.100. The van der Waals surface area contributed by atoms with Gasteiger partial charge in [0.05, 0.1) is 11.8 Å². The molecule has 0 unspecified atom stereocenters. The topological polar surface area (TPSA) is 133 Å². The minimum atomic E-state index is -0.619. The zero-order valence-electron chi connectivity index (χ0n) is 21.0. The van der Waals surface area contributed by atoms with E-state index in [-0.39, 0.29) is 11.4 Å². The van der Waals surface area contributed by atoms with Gasteiger partial charge in [0.15, 0.2) is 11.5 Å². The van der Waals surface area contributed by atoms with Gasteiger partial charge in [-0.05, 0) is 30.2 Å². The molecule has 0 aliphatic rings. The number of carbonyl (C=O) groups is 1. The first-order valence-corrected chi connectivity index (χ1v) is 12.0. The first-order valence-electron chi connectivity index (χ1n) is 12.0. The fourth-order valence-corrected chi connectivity index (χ4v) is 4.36. The molecule has 4 heterocycles. The molecule has 38 heavy (non-hydrogen) atoms. The number of nitrogen functional groups attached to an aromatic ring is 1. The van der Waals surface area contributed by atoms with Gasteiger partial charge >= 0.3 is 0 Å². The van der Waals surface area contributed by atoms with Crippen molar-refractivity contribution in [1.82, 2.24) is 29.4 Å². The summed E-state index contributed by atoms with van der Waals surface area (Å²) in [4.78, 5) is 18.5. The van der Waals surface area contributed by atoms with E-state index in [9.17, 15) is 4.79 Å². The molecule has 6 rings (SSSR count). The van der Waals surface area contributed by atoms with E-state index < -0.39 is 5.91 Å². The molecule has 0 spiro atoms. The Bertz CT molecular complexity index is 1820. The van der Waals surface area contributed by atoms with Crippen molar-refractivity contribution in [2.45, 2.75) is 13.3 Å². The van der Waals surface area contributed by atoms with Crippen LogP contribution in [0.1, 0.15) is 34.1 Å². The summed E-state index contributed by atoms with van der Waals surface area (Å²) >= 11 is 0. The Kier molecular flexibility index (Phi) is 6.61. The second-order valence-electron chi connectivity index (χ2n) is 8.59. The summed E-state index contributed by atoms with van der Waals surface area (Å²) < 4.78 is 3.18. The quantitative estimate of drug-likeness (QED) is 0.315. The third kappa shape index (κ3) is 4.70. The van der Waals surface area contributed by atoms with Crippen LogP contribution in [0.3, 0.4) is 0 Å². The lowest BCUT2D eigenvalue weighted by Gasteiger charge is -2.04. The van der Waals surface area contributed by atoms with E-state index in [1.165, 1.54) is 26.7 Å². The Balaban J connectivity index is 0.000000190. The number of aromatic nitrogens is 6. The molecule has 0 radical (unpaired) electrons. The van der Waals surface area contributed by atoms with Crippen molar-refractivity contribution in [3.8, 4) is 23.0 Å². The number of rotatable bonds is 3. The molecule has 0 aliphatic heterocycles. The number of anilines is 1. The Labute approximate surface area is 219 Å². The van der Waals surface area contributed by atoms with Crippen LogP contribution in [0.15, 0.2) is 79.4 Å². The molecule has 0 bridgehead atoms. The largest absolute Gasteiger partial charge is 0.381 e. The maximum atomic E-state index is 10.9. The van der Waals surface area contributed by atoms with E-state index in [1.54, 1.807) is 29.3 Å². The van der Waals surface area contributed by atoms with Crippen molar-refractivity contribution in [2.24, 2.45) is 12.8 Å². The van der Waals surface area contributed by atoms with E-state index >= 15 is 0 Å². The number of amides is 1. The molecule has 0 aliphatic carbocycles. The van der Waals surface area contributed by atoms with E-state index in [0.717, 1.165) is 23.1 Å². The number of aryl methyl sites for hydroxylation is 2. The maximum Gasteiger partial charge on any atom is 0.256 e. The van der Waals surface area contributed by atoms with Crippen LogP contribution in [0.4, 0.5) is 5.82 Å². The predicted octanol–water partition coefficient (Wildman–Crippen LogP) is 3.94. The molecular formula is C29H26N8O. The van der Waals surface area contributed by atoms with Crippen LogP contribution in [-0.2, 0) is 13.5 Å². The Morgan fingerprint density at radius 3 is 2.61 bits per heavy atom. The van der Waals surface area contributed by atoms with Gasteiger partial charge in [0.25, 0.3) is 5.91 Å². The standard InChI is InChI=1S/C22H19N3.C7H7N5O/c1-3-19-21(17-8-5-4-6-9-17)22-18(10-7-11-20(22)24-19)13-12-16-14-23-25(2)15-16;8-5-4(6(9)13)7-10-2-1-3-12(7)11-5/h4-11,14-15,24H,3H2,1-2H3;1-3H,(H2,8,11)(H2,9,13). The number of benzene rings is 2. The summed E-state index contributed by atoms with van der Waals surface area (Å²) in [5.74, 6) is 6.06. The molecule has 0 fully saturated rings. The summed E-state index contributed by atoms with van der Waals surface area (Å²) in [5, 5.41) is 9.24. The monoisotopic (exact) mass is 502 g/mol. The van der Waals surface area contributed by atoms with Crippen LogP contribution in [0.5, 0.6) is 0 Å². The molecule has 4 aromatic heterocycles. The van der Waals surface area contributed by atoms with E-state index in [4.69, 9.17) is 11.5 Å². The molecule has 0 saturated heterocycles. The summed E-state index contributed by atoms with van der Waals surface area (Å²) in [7, 11) is 1.90. The van der Waals surface area contributed by atoms with Gasteiger partial charge in [-0.2, -0.15) is 5.10 Å². The number of aromatic amines is 1. The van der Waals surface area contributed by atoms with Crippen LogP contribution >= 0.6 is 0 Å². The van der Waals surface area contributed by atoms with E-state index in [0.29, 0.717) is 5.65 Å². The number of nitrogens with one attached hydrogen (secondary N) is 1. The van der Waals surface area contributed by atoms with Gasteiger partial charge in [-0.3, -0.25) is 9.48 Å². The van der Waals surface area contributed by atoms with Crippen LogP contribution in [0, 0.1) is 11.8 Å². The predicted molar refractivity (Wildman–Crippen MR) is 148 cm³/mol. The van der Waals surface area contributed by atoms with Crippen LogP contribution in [0.25, 0.3) is 27.7 Å². The Hall–Kier alpha value is -5.36. The summed E-state index contributed by atoms with van der Waals surface area (Å²) in [6, 6.07) is 18.5. The number of hydrogen-bond donors (Lipinski definition) is 3. The number of carbonyl (C=O) groups excluding carboxylic acids is 1. The normalized spacial score (nSPS) is 10.6. The molecule has 5 N–H and O–H groups in total. The average Bonchev–Trinajstić information content (AvgIpc) is 3.62. The molecule has 188 valence electrons. The van der Waals surface area contributed by atoms with Crippen LogP contribution in [-0.4, -0.2) is 35.3 Å². The van der Waals surface area contributed by atoms with Crippen molar-refractivity contribution in [3.63, 3.8) is 0 Å². The molecule has 2 aromatic carbocycles. The van der Waals surface area contributed by atoms with Gasteiger partial charge in [0, 0.05) is 53.4 Å². The number of nitrogens with two attached hydrogens (primary N) is 2. The summed E-state index contributed by atoms with van der Waals surface area (Å²) in [5.41, 5.74) is 18.0. The minimum Gasteiger partial charge on any atom is -0.381 e. The van der Waals surface area contributed by atoms with Gasteiger partial charge in [0.1, 0.15) is 5.56 Å². The molecule has 1 amide bonds.